The van der Waals surface area contributed by atoms with E-state index < -0.39 is 10.1 Å². The number of hydrogen-bond acceptors (Lipinski definition) is 8. The highest BCUT2D eigenvalue weighted by atomic mass is 35.5. The predicted molar refractivity (Wildman–Crippen MR) is 205 cm³/mol. The van der Waals surface area contributed by atoms with E-state index in [2.05, 4.69) is 29.9 Å². The summed E-state index contributed by atoms with van der Waals surface area (Å²) < 4.78 is 36.5. The lowest BCUT2D eigenvalue weighted by Gasteiger charge is -2.16. The number of aromatic nitrogens is 1. The molecule has 0 saturated carbocycles. The SMILES string of the molecule is CC(C)(C)COS(C)(=O)=O.CCOCC(C)(C)C.CSc1ccc(Oc2ccc(C(=O)c3cc(Cl)ccc3Cl)cc2)cc1.c1ccncc1. The molecule has 0 aliphatic carbocycles. The standard InChI is InChI=1S/C20H14Cl2O2S.C7H16O.C6H14O3S.C5H5N/c1-25-17-9-7-16(8-10-17)24-15-5-2-13(3-6-15)20(23)18-12-14(21)4-11-19(18)22;1-5-8-6-7(2,3)4;1-6(2,3)5-9-10(4,7)8;1-2-4-6-5-3-1/h2-12H,1H3;5-6H2,1-4H3;5H2,1-4H3;1-5H. The van der Waals surface area contributed by atoms with Crippen molar-refractivity contribution in [1.82, 2.24) is 4.98 Å². The molecule has 1 heterocycles. The Kier molecular flexibility index (Phi) is 19.8. The largest absolute Gasteiger partial charge is 0.457 e. The number of pyridine rings is 1. The zero-order valence-corrected chi connectivity index (χ0v) is 33.0. The van der Waals surface area contributed by atoms with E-state index in [1.165, 1.54) is 4.90 Å². The summed E-state index contributed by atoms with van der Waals surface area (Å²) in [7, 11) is -3.26. The number of ketones is 1. The second-order valence-corrected chi connectivity index (χ2v) is 16.4. The van der Waals surface area contributed by atoms with Crippen LogP contribution in [0, 0.1) is 10.8 Å². The van der Waals surface area contributed by atoms with Crippen LogP contribution in [0.5, 0.6) is 11.5 Å². The van der Waals surface area contributed by atoms with Gasteiger partial charge in [0.1, 0.15) is 11.5 Å². The van der Waals surface area contributed by atoms with E-state index in [0.717, 1.165) is 25.2 Å². The highest BCUT2D eigenvalue weighted by molar-refractivity contribution is 7.98. The van der Waals surface area contributed by atoms with E-state index in [0.29, 0.717) is 32.3 Å². The van der Waals surface area contributed by atoms with Crippen LogP contribution >= 0.6 is 35.0 Å². The van der Waals surface area contributed by atoms with E-state index in [-0.39, 0.29) is 17.8 Å². The summed E-state index contributed by atoms with van der Waals surface area (Å²) in [5.41, 5.74) is 1.14. The van der Waals surface area contributed by atoms with Crippen LogP contribution in [0.2, 0.25) is 10.0 Å². The van der Waals surface area contributed by atoms with Gasteiger partial charge in [-0.2, -0.15) is 8.42 Å². The zero-order chi connectivity index (χ0) is 37.1. The number of benzene rings is 3. The molecule has 0 N–H and O–H groups in total. The second kappa shape index (κ2) is 22.0. The summed E-state index contributed by atoms with van der Waals surface area (Å²) in [6.45, 7) is 16.2. The molecule has 4 aromatic rings. The molecule has 0 amide bonds. The van der Waals surface area contributed by atoms with Gasteiger partial charge in [-0.1, -0.05) is 70.8 Å². The Hall–Kier alpha value is -2.92. The topological polar surface area (TPSA) is 91.8 Å². The molecule has 4 rings (SSSR count). The number of hydrogen-bond donors (Lipinski definition) is 0. The van der Waals surface area contributed by atoms with E-state index in [1.54, 1.807) is 66.6 Å². The number of ether oxygens (including phenoxy) is 2. The number of rotatable bonds is 9. The predicted octanol–water partition coefficient (Wildman–Crippen LogP) is 10.9. The van der Waals surface area contributed by atoms with Gasteiger partial charge in [0.15, 0.2) is 5.78 Å². The summed E-state index contributed by atoms with van der Waals surface area (Å²) in [4.78, 5) is 17.5. The van der Waals surface area contributed by atoms with Crippen molar-refractivity contribution in [2.45, 2.75) is 53.4 Å². The van der Waals surface area contributed by atoms with Gasteiger partial charge in [0, 0.05) is 40.0 Å². The Morgan fingerprint density at radius 1 is 0.796 bits per heavy atom. The van der Waals surface area contributed by atoms with E-state index in [4.69, 9.17) is 32.7 Å². The maximum atomic E-state index is 12.6. The Morgan fingerprint density at radius 3 is 1.69 bits per heavy atom. The van der Waals surface area contributed by atoms with Crippen molar-refractivity contribution in [3.8, 4) is 11.5 Å². The third kappa shape index (κ3) is 21.7. The molecule has 268 valence electrons. The van der Waals surface area contributed by atoms with Crippen LogP contribution in [0.15, 0.2) is 102 Å². The van der Waals surface area contributed by atoms with Gasteiger partial charge < -0.3 is 9.47 Å². The minimum atomic E-state index is -3.26. The molecule has 49 heavy (non-hydrogen) atoms. The van der Waals surface area contributed by atoms with E-state index in [1.807, 2.05) is 76.4 Å². The van der Waals surface area contributed by atoms with Crippen molar-refractivity contribution in [3.05, 3.63) is 118 Å². The molecule has 0 radical (unpaired) electrons. The Morgan fingerprint density at radius 2 is 1.33 bits per heavy atom. The van der Waals surface area contributed by atoms with Gasteiger partial charge in [0.05, 0.1) is 24.5 Å². The number of nitrogens with zero attached hydrogens (tertiary/aromatic N) is 1. The monoisotopic (exact) mass is 749 g/mol. The van der Waals surface area contributed by atoms with Crippen molar-refractivity contribution < 1.29 is 26.9 Å². The summed E-state index contributed by atoms with van der Waals surface area (Å²) in [5, 5.41) is 0.852. The fourth-order valence-corrected chi connectivity index (χ4v) is 4.64. The fraction of sp³-hybridized carbons (Fsp3) is 0.368. The Balaban J connectivity index is 0.000000408. The highest BCUT2D eigenvalue weighted by Crippen LogP contribution is 2.27. The van der Waals surface area contributed by atoms with Crippen LogP contribution in [0.1, 0.15) is 64.4 Å². The number of halogens is 2. The van der Waals surface area contributed by atoms with Gasteiger partial charge in [-0.25, -0.2) is 0 Å². The molecule has 0 aliphatic heterocycles. The maximum Gasteiger partial charge on any atom is 0.264 e. The first-order valence-electron chi connectivity index (χ1n) is 15.5. The third-order valence-electron chi connectivity index (χ3n) is 5.60. The average Bonchev–Trinajstić information content (AvgIpc) is 3.05. The van der Waals surface area contributed by atoms with Crippen molar-refractivity contribution in [1.29, 1.82) is 0 Å². The quantitative estimate of drug-likeness (QED) is 0.0948. The number of carbonyl (C=O) groups excluding carboxylic acids is 1. The molecule has 11 heteroatoms. The van der Waals surface area contributed by atoms with Crippen LogP contribution < -0.4 is 4.74 Å². The first-order valence-corrected chi connectivity index (χ1v) is 19.3. The van der Waals surface area contributed by atoms with Gasteiger partial charge >= 0.3 is 0 Å². The molecule has 0 atom stereocenters. The van der Waals surface area contributed by atoms with Gasteiger partial charge in [-0.3, -0.25) is 14.0 Å². The Labute approximate surface area is 307 Å². The summed E-state index contributed by atoms with van der Waals surface area (Å²) in [6, 6.07) is 25.3. The lowest BCUT2D eigenvalue weighted by molar-refractivity contribution is 0.0805. The second-order valence-electron chi connectivity index (χ2n) is 13.0. The summed E-state index contributed by atoms with van der Waals surface area (Å²) in [6.07, 6.45) is 6.58. The molecule has 7 nitrogen and oxygen atoms in total. The molecular weight excluding hydrogens is 701 g/mol. The highest BCUT2D eigenvalue weighted by Gasteiger charge is 2.15. The van der Waals surface area contributed by atoms with Crippen LogP contribution in [0.3, 0.4) is 0 Å². The molecule has 0 saturated heterocycles. The fourth-order valence-electron chi connectivity index (χ4n) is 3.29. The first-order chi connectivity index (χ1) is 22.8. The molecule has 0 bridgehead atoms. The molecule has 0 unspecified atom stereocenters. The average molecular weight is 751 g/mol. The Bertz CT molecular complexity index is 1590. The smallest absolute Gasteiger partial charge is 0.264 e. The van der Waals surface area contributed by atoms with Crippen molar-refractivity contribution >= 4 is 50.9 Å². The minimum absolute atomic E-state index is 0.0942. The molecule has 0 aliphatic rings. The van der Waals surface area contributed by atoms with Crippen LogP contribution in [-0.2, 0) is 19.0 Å². The van der Waals surface area contributed by atoms with Gasteiger partial charge in [-0.05, 0) is 103 Å². The normalized spacial score (nSPS) is 11.1. The van der Waals surface area contributed by atoms with Crippen molar-refractivity contribution in [2.24, 2.45) is 10.8 Å². The first kappa shape index (κ1) is 44.1. The van der Waals surface area contributed by atoms with Crippen molar-refractivity contribution in [3.63, 3.8) is 0 Å². The van der Waals surface area contributed by atoms with E-state index >= 15 is 0 Å². The summed E-state index contributed by atoms with van der Waals surface area (Å²) >= 11 is 13.7. The van der Waals surface area contributed by atoms with Crippen LogP contribution in [-0.4, -0.2) is 51.5 Å². The molecular formula is C38H49Cl2NO6S2. The van der Waals surface area contributed by atoms with Gasteiger partial charge in [0.25, 0.3) is 10.1 Å². The van der Waals surface area contributed by atoms with Gasteiger partial charge in [-0.15, -0.1) is 11.8 Å². The van der Waals surface area contributed by atoms with Crippen molar-refractivity contribution in [2.75, 3.05) is 32.3 Å². The summed E-state index contributed by atoms with van der Waals surface area (Å²) in [5.74, 6) is 1.23. The number of thioether (sulfide) groups is 1. The molecule has 1 aromatic heterocycles. The van der Waals surface area contributed by atoms with Crippen LogP contribution in [0.25, 0.3) is 0 Å². The lowest BCUT2D eigenvalue weighted by Crippen LogP contribution is -2.17. The third-order valence-corrected chi connectivity index (χ3v) is 7.45. The maximum absolute atomic E-state index is 12.6. The molecule has 3 aromatic carbocycles. The minimum Gasteiger partial charge on any atom is -0.457 e. The van der Waals surface area contributed by atoms with Gasteiger partial charge in [0.2, 0.25) is 0 Å². The molecule has 0 spiro atoms. The van der Waals surface area contributed by atoms with E-state index in [9.17, 15) is 13.2 Å². The zero-order valence-electron chi connectivity index (χ0n) is 29.8. The number of carbonyl (C=O) groups is 1. The lowest BCUT2D eigenvalue weighted by atomic mass is 9.99. The molecule has 0 fully saturated rings. The van der Waals surface area contributed by atoms with Crippen LogP contribution in [0.4, 0.5) is 0 Å².